The SMILES string of the molecule is Cc1ccc(C(=O)[C@@H]2Oc3c(Cl)cc(Cl)cc3[C@@H]3CC(c4ccc5ccccc5c4)=NN23)cc1. The van der Waals surface area contributed by atoms with E-state index >= 15 is 0 Å². The molecule has 0 radical (unpaired) electrons. The Hall–Kier alpha value is -3.34. The summed E-state index contributed by atoms with van der Waals surface area (Å²) in [7, 11) is 0. The molecule has 0 N–H and O–H groups in total. The number of aryl methyl sites for hydroxylation is 1. The van der Waals surface area contributed by atoms with Crippen molar-refractivity contribution in [2.24, 2.45) is 5.10 Å². The van der Waals surface area contributed by atoms with Crippen LogP contribution in [0.1, 0.15) is 39.5 Å². The van der Waals surface area contributed by atoms with Crippen LogP contribution >= 0.6 is 23.2 Å². The van der Waals surface area contributed by atoms with E-state index in [2.05, 4.69) is 30.3 Å². The first-order valence-electron chi connectivity index (χ1n) is 11.1. The van der Waals surface area contributed by atoms with Gasteiger partial charge in [0, 0.05) is 22.6 Å². The van der Waals surface area contributed by atoms with Crippen molar-refractivity contribution in [1.29, 1.82) is 0 Å². The molecule has 2 aliphatic heterocycles. The molecule has 34 heavy (non-hydrogen) atoms. The van der Waals surface area contributed by atoms with Crippen LogP contribution in [0.4, 0.5) is 0 Å². The molecule has 4 nitrogen and oxygen atoms in total. The molecule has 0 fully saturated rings. The van der Waals surface area contributed by atoms with Crippen molar-refractivity contribution in [1.82, 2.24) is 5.01 Å². The third-order valence-electron chi connectivity index (χ3n) is 6.45. The molecule has 6 rings (SSSR count). The summed E-state index contributed by atoms with van der Waals surface area (Å²) in [6, 6.07) is 25.3. The number of hydrazone groups is 1. The summed E-state index contributed by atoms with van der Waals surface area (Å²) >= 11 is 12.9. The minimum absolute atomic E-state index is 0.162. The van der Waals surface area contributed by atoms with Gasteiger partial charge in [-0.1, -0.05) is 89.4 Å². The van der Waals surface area contributed by atoms with Gasteiger partial charge in [-0.3, -0.25) is 4.79 Å². The number of rotatable bonds is 3. The van der Waals surface area contributed by atoms with Crippen LogP contribution < -0.4 is 4.74 Å². The summed E-state index contributed by atoms with van der Waals surface area (Å²) in [5.74, 6) is 0.331. The molecule has 168 valence electrons. The summed E-state index contributed by atoms with van der Waals surface area (Å²) in [6.45, 7) is 1.99. The average Bonchev–Trinajstić information content (AvgIpc) is 3.29. The zero-order valence-corrected chi connectivity index (χ0v) is 19.8. The van der Waals surface area contributed by atoms with E-state index in [0.29, 0.717) is 27.8 Å². The lowest BCUT2D eigenvalue weighted by Gasteiger charge is -2.37. The lowest BCUT2D eigenvalue weighted by molar-refractivity contribution is -0.00447. The van der Waals surface area contributed by atoms with E-state index in [1.165, 1.54) is 5.39 Å². The number of fused-ring (bicyclic) bond motifs is 4. The average molecular weight is 487 g/mol. The molecule has 4 aromatic rings. The number of halogens is 2. The van der Waals surface area contributed by atoms with E-state index in [4.69, 9.17) is 33.0 Å². The highest BCUT2D eigenvalue weighted by atomic mass is 35.5. The number of Topliss-reactive ketones (excluding diaryl/α,β-unsaturated/α-hetero) is 1. The molecule has 0 aromatic heterocycles. The molecule has 0 saturated heterocycles. The minimum Gasteiger partial charge on any atom is -0.459 e. The van der Waals surface area contributed by atoms with Gasteiger partial charge in [0.05, 0.1) is 16.8 Å². The van der Waals surface area contributed by atoms with Crippen molar-refractivity contribution in [3.8, 4) is 5.75 Å². The van der Waals surface area contributed by atoms with Crippen molar-refractivity contribution >= 4 is 45.5 Å². The maximum atomic E-state index is 13.6. The predicted molar refractivity (Wildman–Crippen MR) is 136 cm³/mol. The quantitative estimate of drug-likeness (QED) is 0.287. The predicted octanol–water partition coefficient (Wildman–Crippen LogP) is 7.21. The molecule has 2 aliphatic rings. The summed E-state index contributed by atoms with van der Waals surface area (Å²) in [5.41, 5.74) is 4.40. The van der Waals surface area contributed by atoms with E-state index in [9.17, 15) is 4.79 Å². The van der Waals surface area contributed by atoms with Crippen LogP contribution in [0.2, 0.25) is 10.0 Å². The van der Waals surface area contributed by atoms with Crippen molar-refractivity contribution < 1.29 is 9.53 Å². The van der Waals surface area contributed by atoms with E-state index < -0.39 is 6.23 Å². The first kappa shape index (κ1) is 21.2. The van der Waals surface area contributed by atoms with Crippen LogP contribution in [-0.4, -0.2) is 22.7 Å². The zero-order chi connectivity index (χ0) is 23.4. The van der Waals surface area contributed by atoms with E-state index in [0.717, 1.165) is 27.8 Å². The number of carbonyl (C=O) groups excluding carboxylic acids is 1. The van der Waals surface area contributed by atoms with Gasteiger partial charge in [-0.25, -0.2) is 5.01 Å². The minimum atomic E-state index is -0.920. The molecule has 4 aromatic carbocycles. The molecular formula is C28H20Cl2N2O2. The van der Waals surface area contributed by atoms with Crippen LogP contribution in [0.3, 0.4) is 0 Å². The lowest BCUT2D eigenvalue weighted by atomic mass is 9.95. The van der Waals surface area contributed by atoms with E-state index in [1.54, 1.807) is 11.1 Å². The third kappa shape index (κ3) is 3.54. The normalized spacial score (nSPS) is 18.8. The number of hydrogen-bond acceptors (Lipinski definition) is 4. The van der Waals surface area contributed by atoms with Crippen molar-refractivity contribution in [2.45, 2.75) is 25.6 Å². The lowest BCUT2D eigenvalue weighted by Crippen LogP contribution is -2.46. The highest BCUT2D eigenvalue weighted by Gasteiger charge is 2.44. The first-order valence-corrected chi connectivity index (χ1v) is 11.8. The fraction of sp³-hybridized carbons (Fsp3) is 0.143. The van der Waals surface area contributed by atoms with Crippen LogP contribution in [-0.2, 0) is 0 Å². The Balaban J connectivity index is 1.45. The first-order chi connectivity index (χ1) is 16.5. The Bertz CT molecular complexity index is 1480. The second kappa shape index (κ2) is 8.15. The Labute approximate surface area is 207 Å². The van der Waals surface area contributed by atoms with Gasteiger partial charge in [0.15, 0.2) is 0 Å². The maximum Gasteiger partial charge on any atom is 0.251 e. The molecule has 0 bridgehead atoms. The summed E-state index contributed by atoms with van der Waals surface area (Å²) < 4.78 is 6.21. The van der Waals surface area contributed by atoms with E-state index in [-0.39, 0.29) is 11.8 Å². The summed E-state index contributed by atoms with van der Waals surface area (Å²) in [5, 5.41) is 9.90. The molecule has 0 unspecified atom stereocenters. The number of nitrogens with zero attached hydrogens (tertiary/aromatic N) is 2. The Morgan fingerprint density at radius 1 is 0.971 bits per heavy atom. The van der Waals surface area contributed by atoms with Crippen LogP contribution in [0.25, 0.3) is 10.8 Å². The number of ether oxygens (including phenoxy) is 1. The van der Waals surface area contributed by atoms with Gasteiger partial charge >= 0.3 is 0 Å². The fourth-order valence-corrected chi connectivity index (χ4v) is 5.24. The second-order valence-corrected chi connectivity index (χ2v) is 9.56. The largest absolute Gasteiger partial charge is 0.459 e. The maximum absolute atomic E-state index is 13.6. The molecule has 0 saturated carbocycles. The van der Waals surface area contributed by atoms with Crippen LogP contribution in [0.5, 0.6) is 5.75 Å². The van der Waals surface area contributed by atoms with Crippen molar-refractivity contribution in [3.63, 3.8) is 0 Å². The Morgan fingerprint density at radius 3 is 2.53 bits per heavy atom. The zero-order valence-electron chi connectivity index (χ0n) is 18.3. The van der Waals surface area contributed by atoms with Crippen molar-refractivity contribution in [3.05, 3.63) is 111 Å². The molecule has 6 heteroatoms. The topological polar surface area (TPSA) is 41.9 Å². The van der Waals surface area contributed by atoms with Gasteiger partial charge in [0.25, 0.3) is 6.23 Å². The van der Waals surface area contributed by atoms with Gasteiger partial charge in [-0.15, -0.1) is 0 Å². The van der Waals surface area contributed by atoms with Crippen LogP contribution in [0.15, 0.2) is 84.0 Å². The second-order valence-electron chi connectivity index (χ2n) is 8.72. The highest BCUT2D eigenvalue weighted by molar-refractivity contribution is 6.35. The number of hydrogen-bond donors (Lipinski definition) is 0. The van der Waals surface area contributed by atoms with Crippen LogP contribution in [0, 0.1) is 6.92 Å². The van der Waals surface area contributed by atoms with E-state index in [1.807, 2.05) is 49.4 Å². The van der Waals surface area contributed by atoms with Crippen molar-refractivity contribution in [2.75, 3.05) is 0 Å². The highest BCUT2D eigenvalue weighted by Crippen LogP contribution is 2.47. The number of ketones is 1. The van der Waals surface area contributed by atoms with Gasteiger partial charge in [-0.05, 0) is 41.5 Å². The summed E-state index contributed by atoms with van der Waals surface area (Å²) in [6.07, 6.45) is -0.305. The smallest absolute Gasteiger partial charge is 0.251 e. The fourth-order valence-electron chi connectivity index (χ4n) is 4.69. The molecule has 0 spiro atoms. The molecule has 0 amide bonds. The van der Waals surface area contributed by atoms with Gasteiger partial charge < -0.3 is 4.74 Å². The monoisotopic (exact) mass is 486 g/mol. The van der Waals surface area contributed by atoms with Gasteiger partial charge in [0.2, 0.25) is 5.78 Å². The number of benzene rings is 4. The third-order valence-corrected chi connectivity index (χ3v) is 6.95. The Morgan fingerprint density at radius 2 is 1.74 bits per heavy atom. The molecular weight excluding hydrogens is 467 g/mol. The number of carbonyl (C=O) groups is 1. The van der Waals surface area contributed by atoms with Gasteiger partial charge in [0.1, 0.15) is 5.75 Å². The molecule has 0 aliphatic carbocycles. The molecule has 2 atom stereocenters. The van der Waals surface area contributed by atoms with Gasteiger partial charge in [-0.2, -0.15) is 5.10 Å². The summed E-state index contributed by atoms with van der Waals surface area (Å²) in [4.78, 5) is 13.6. The standard InChI is InChI=1S/C28H20Cl2N2O2/c1-16-6-8-18(9-7-16)26(33)28-32-25(22-13-21(29)14-23(30)27(22)34-28)15-24(31-32)20-11-10-17-4-2-3-5-19(17)12-20/h2-14,25,28H,15H2,1H3/t25-,28-/m0/s1. The molecule has 2 heterocycles. The Kier molecular flexibility index (Phi) is 5.09.